The molecular formula is C13H16N4O2. The third-order valence-electron chi connectivity index (χ3n) is 3.53. The van der Waals surface area contributed by atoms with Crippen molar-refractivity contribution in [3.63, 3.8) is 0 Å². The molecule has 0 aliphatic carbocycles. The predicted molar refractivity (Wildman–Crippen MR) is 69.9 cm³/mol. The SMILES string of the molecule is O=C(Cn1ncc2cccn2c1=O)N1CCCCC1. The number of hydrogen-bond acceptors (Lipinski definition) is 3. The first-order chi connectivity index (χ1) is 9.25. The molecule has 100 valence electrons. The summed E-state index contributed by atoms with van der Waals surface area (Å²) in [6.07, 6.45) is 6.55. The molecule has 1 saturated heterocycles. The average molecular weight is 260 g/mol. The van der Waals surface area contributed by atoms with E-state index in [1.807, 2.05) is 11.0 Å². The highest BCUT2D eigenvalue weighted by molar-refractivity contribution is 5.75. The Balaban J connectivity index is 1.82. The second-order valence-corrected chi connectivity index (χ2v) is 4.83. The number of amides is 1. The summed E-state index contributed by atoms with van der Waals surface area (Å²) in [5, 5.41) is 4.05. The molecule has 1 amide bonds. The number of aromatic nitrogens is 3. The van der Waals surface area contributed by atoms with E-state index in [-0.39, 0.29) is 18.1 Å². The molecule has 3 rings (SSSR count). The van der Waals surface area contributed by atoms with Crippen molar-refractivity contribution < 1.29 is 4.79 Å². The summed E-state index contributed by atoms with van der Waals surface area (Å²) in [6.45, 7) is 1.60. The smallest absolute Gasteiger partial charge is 0.341 e. The van der Waals surface area contributed by atoms with E-state index in [0.717, 1.165) is 31.4 Å². The van der Waals surface area contributed by atoms with Gasteiger partial charge in [-0.05, 0) is 31.4 Å². The van der Waals surface area contributed by atoms with E-state index in [2.05, 4.69) is 5.10 Å². The van der Waals surface area contributed by atoms with Gasteiger partial charge in [0.05, 0.1) is 11.7 Å². The van der Waals surface area contributed by atoms with Crippen LogP contribution in [0, 0.1) is 0 Å². The highest BCUT2D eigenvalue weighted by Gasteiger charge is 2.17. The molecule has 3 heterocycles. The average Bonchev–Trinajstić information content (AvgIpc) is 2.92. The van der Waals surface area contributed by atoms with Crippen LogP contribution >= 0.6 is 0 Å². The fourth-order valence-corrected chi connectivity index (χ4v) is 2.46. The highest BCUT2D eigenvalue weighted by Crippen LogP contribution is 2.09. The largest absolute Gasteiger partial charge is 0.349 e. The van der Waals surface area contributed by atoms with Gasteiger partial charge >= 0.3 is 5.69 Å². The van der Waals surface area contributed by atoms with Crippen LogP contribution in [-0.2, 0) is 11.3 Å². The zero-order valence-corrected chi connectivity index (χ0v) is 10.7. The number of fused-ring (bicyclic) bond motifs is 1. The Labute approximate surface area is 110 Å². The molecule has 0 atom stereocenters. The third-order valence-corrected chi connectivity index (χ3v) is 3.53. The van der Waals surface area contributed by atoms with Crippen LogP contribution < -0.4 is 5.69 Å². The van der Waals surface area contributed by atoms with E-state index in [1.165, 1.54) is 15.5 Å². The fourth-order valence-electron chi connectivity index (χ4n) is 2.46. The second kappa shape index (κ2) is 4.87. The van der Waals surface area contributed by atoms with Gasteiger partial charge in [-0.3, -0.25) is 9.20 Å². The van der Waals surface area contributed by atoms with Crippen LogP contribution in [0.25, 0.3) is 5.52 Å². The molecule has 0 spiro atoms. The van der Waals surface area contributed by atoms with Crippen molar-refractivity contribution in [2.75, 3.05) is 13.1 Å². The maximum Gasteiger partial charge on any atom is 0.349 e. The standard InChI is InChI=1S/C13H16N4O2/c18-12(15-6-2-1-3-7-15)10-17-13(19)16-8-4-5-11(16)9-14-17/h4-5,8-9H,1-3,6-7,10H2. The van der Waals surface area contributed by atoms with Crippen LogP contribution in [0.15, 0.2) is 29.3 Å². The summed E-state index contributed by atoms with van der Waals surface area (Å²) in [6, 6.07) is 3.60. The van der Waals surface area contributed by atoms with Crippen molar-refractivity contribution in [2.45, 2.75) is 25.8 Å². The van der Waals surface area contributed by atoms with Crippen LogP contribution in [0.4, 0.5) is 0 Å². The van der Waals surface area contributed by atoms with Crippen molar-refractivity contribution in [1.29, 1.82) is 0 Å². The summed E-state index contributed by atoms with van der Waals surface area (Å²) >= 11 is 0. The zero-order valence-electron chi connectivity index (χ0n) is 10.7. The maximum atomic E-state index is 12.1. The molecule has 0 aromatic carbocycles. The Hall–Kier alpha value is -2.11. The van der Waals surface area contributed by atoms with Gasteiger partial charge in [-0.25, -0.2) is 9.48 Å². The van der Waals surface area contributed by atoms with E-state index < -0.39 is 0 Å². The minimum Gasteiger partial charge on any atom is -0.341 e. The van der Waals surface area contributed by atoms with E-state index in [9.17, 15) is 9.59 Å². The zero-order chi connectivity index (χ0) is 13.2. The van der Waals surface area contributed by atoms with Crippen molar-refractivity contribution >= 4 is 11.4 Å². The molecule has 1 aliphatic heterocycles. The number of carbonyl (C=O) groups excluding carboxylic acids is 1. The van der Waals surface area contributed by atoms with Gasteiger partial charge in [0, 0.05) is 19.3 Å². The van der Waals surface area contributed by atoms with E-state index in [0.29, 0.717) is 0 Å². The van der Waals surface area contributed by atoms with Crippen LogP contribution in [-0.4, -0.2) is 38.1 Å². The number of nitrogens with zero attached hydrogens (tertiary/aromatic N) is 4. The minimum absolute atomic E-state index is 0.0208. The molecule has 6 heteroatoms. The highest BCUT2D eigenvalue weighted by atomic mass is 16.2. The first-order valence-electron chi connectivity index (χ1n) is 6.57. The van der Waals surface area contributed by atoms with Gasteiger partial charge in [-0.15, -0.1) is 0 Å². The summed E-state index contributed by atoms with van der Waals surface area (Å²) in [4.78, 5) is 26.0. The lowest BCUT2D eigenvalue weighted by Crippen LogP contribution is -2.41. The van der Waals surface area contributed by atoms with Gasteiger partial charge in [0.1, 0.15) is 6.54 Å². The Morgan fingerprint density at radius 1 is 1.26 bits per heavy atom. The number of hydrogen-bond donors (Lipinski definition) is 0. The molecule has 0 unspecified atom stereocenters. The number of rotatable bonds is 2. The van der Waals surface area contributed by atoms with Crippen LogP contribution in [0.2, 0.25) is 0 Å². The monoisotopic (exact) mass is 260 g/mol. The Kier molecular flexibility index (Phi) is 3.06. The molecule has 0 N–H and O–H groups in total. The molecule has 0 radical (unpaired) electrons. The van der Waals surface area contributed by atoms with E-state index in [4.69, 9.17) is 0 Å². The van der Waals surface area contributed by atoms with Gasteiger partial charge in [-0.1, -0.05) is 0 Å². The van der Waals surface area contributed by atoms with Crippen molar-refractivity contribution in [1.82, 2.24) is 19.1 Å². The lowest BCUT2D eigenvalue weighted by molar-refractivity contribution is -0.133. The van der Waals surface area contributed by atoms with Crippen LogP contribution in [0.5, 0.6) is 0 Å². The van der Waals surface area contributed by atoms with E-state index >= 15 is 0 Å². The lowest BCUT2D eigenvalue weighted by Gasteiger charge is -2.26. The molecule has 19 heavy (non-hydrogen) atoms. The minimum atomic E-state index is -0.271. The third kappa shape index (κ3) is 2.25. The fraction of sp³-hybridized carbons (Fsp3) is 0.462. The van der Waals surface area contributed by atoms with Gasteiger partial charge < -0.3 is 4.90 Å². The van der Waals surface area contributed by atoms with Crippen LogP contribution in [0.1, 0.15) is 19.3 Å². The van der Waals surface area contributed by atoms with Crippen molar-refractivity contribution in [2.24, 2.45) is 0 Å². The predicted octanol–water partition coefficient (Wildman–Crippen LogP) is 0.508. The molecule has 2 aromatic rings. The Bertz CT molecular complexity index is 652. The molecule has 1 fully saturated rings. The molecule has 0 saturated carbocycles. The summed E-state index contributed by atoms with van der Waals surface area (Å²) in [7, 11) is 0. The molecule has 1 aliphatic rings. The molecular weight excluding hydrogens is 244 g/mol. The van der Waals surface area contributed by atoms with Crippen LogP contribution in [0.3, 0.4) is 0 Å². The molecule has 0 bridgehead atoms. The van der Waals surface area contributed by atoms with Gasteiger partial charge in [0.15, 0.2) is 0 Å². The van der Waals surface area contributed by atoms with Crippen molar-refractivity contribution in [3.05, 3.63) is 35.0 Å². The van der Waals surface area contributed by atoms with Crippen molar-refractivity contribution in [3.8, 4) is 0 Å². The second-order valence-electron chi connectivity index (χ2n) is 4.83. The van der Waals surface area contributed by atoms with Gasteiger partial charge in [0.25, 0.3) is 0 Å². The summed E-state index contributed by atoms with van der Waals surface area (Å²) < 4.78 is 2.72. The molecule has 2 aromatic heterocycles. The number of carbonyl (C=O) groups is 1. The Morgan fingerprint density at radius 2 is 2.05 bits per heavy atom. The lowest BCUT2D eigenvalue weighted by atomic mass is 10.1. The summed E-state index contributed by atoms with van der Waals surface area (Å²) in [5.41, 5.74) is 0.472. The Morgan fingerprint density at radius 3 is 2.84 bits per heavy atom. The first-order valence-corrected chi connectivity index (χ1v) is 6.57. The normalized spacial score (nSPS) is 15.9. The molecule has 6 nitrogen and oxygen atoms in total. The number of likely N-dealkylation sites (tertiary alicyclic amines) is 1. The quantitative estimate of drug-likeness (QED) is 0.790. The first kappa shape index (κ1) is 12.0. The van der Waals surface area contributed by atoms with Gasteiger partial charge in [0.2, 0.25) is 5.91 Å². The maximum absolute atomic E-state index is 12.1. The topological polar surface area (TPSA) is 59.6 Å². The summed E-state index contributed by atoms with van der Waals surface area (Å²) in [5.74, 6) is -0.0270. The van der Waals surface area contributed by atoms with E-state index in [1.54, 1.807) is 18.5 Å². The van der Waals surface area contributed by atoms with Gasteiger partial charge in [-0.2, -0.15) is 5.10 Å². The number of piperidine rings is 1.